The minimum atomic E-state index is -0.995. The number of aryl methyl sites for hydroxylation is 1. The zero-order chi connectivity index (χ0) is 13.9. The van der Waals surface area contributed by atoms with E-state index in [4.69, 9.17) is 5.11 Å². The Morgan fingerprint density at radius 1 is 1.56 bits per heavy atom. The molecule has 4 nitrogen and oxygen atoms in total. The molecule has 0 aliphatic heterocycles. The highest BCUT2D eigenvalue weighted by Gasteiger charge is 2.26. The van der Waals surface area contributed by atoms with Crippen LogP contribution in [0.1, 0.15) is 35.5 Å². The van der Waals surface area contributed by atoms with Gasteiger partial charge in [0.1, 0.15) is 6.04 Å². The molecule has 0 aliphatic rings. The quantitative estimate of drug-likeness (QED) is 0.870. The zero-order valence-electron chi connectivity index (χ0n) is 10.5. The van der Waals surface area contributed by atoms with Crippen LogP contribution in [0.2, 0.25) is 0 Å². The Hall–Kier alpha value is -0.880. The van der Waals surface area contributed by atoms with Crippen molar-refractivity contribution in [3.05, 3.63) is 20.3 Å². The molecule has 2 atom stereocenters. The monoisotopic (exact) mass is 333 g/mol. The lowest BCUT2D eigenvalue weighted by Crippen LogP contribution is -2.44. The van der Waals surface area contributed by atoms with E-state index < -0.39 is 12.0 Å². The Morgan fingerprint density at radius 3 is 2.56 bits per heavy atom. The maximum Gasteiger partial charge on any atom is 0.326 e. The number of amides is 1. The number of carboxylic acid groups (broad SMARTS) is 1. The molecule has 6 heteroatoms. The number of nitrogens with one attached hydrogen (secondary N) is 1. The van der Waals surface area contributed by atoms with Gasteiger partial charge in [-0.1, -0.05) is 20.3 Å². The summed E-state index contributed by atoms with van der Waals surface area (Å²) in [4.78, 5) is 23.6. The van der Waals surface area contributed by atoms with E-state index in [0.717, 1.165) is 9.35 Å². The van der Waals surface area contributed by atoms with E-state index in [1.807, 2.05) is 20.8 Å². The standard InChI is InChI=1S/C12H16BrNO3S/c1-4-6(2)9(12(16)17)14-11(15)8-5-7(3)10(13)18-8/h5-6,9H,4H2,1-3H3,(H,14,15)(H,16,17)/t6-,9-/m0/s1. The van der Waals surface area contributed by atoms with Crippen LogP contribution in [0.4, 0.5) is 0 Å². The molecule has 0 saturated carbocycles. The smallest absolute Gasteiger partial charge is 0.326 e. The number of carbonyl (C=O) groups excluding carboxylic acids is 1. The summed E-state index contributed by atoms with van der Waals surface area (Å²) in [6, 6.07) is 0.906. The Kier molecular flexibility index (Phi) is 5.34. The summed E-state index contributed by atoms with van der Waals surface area (Å²) in [7, 11) is 0. The molecule has 18 heavy (non-hydrogen) atoms. The first kappa shape index (κ1) is 15.2. The van der Waals surface area contributed by atoms with Crippen LogP contribution in [0.3, 0.4) is 0 Å². The first-order valence-corrected chi connectivity index (χ1v) is 7.27. The first-order chi connectivity index (χ1) is 8.36. The highest BCUT2D eigenvalue weighted by atomic mass is 79.9. The van der Waals surface area contributed by atoms with Gasteiger partial charge in [-0.3, -0.25) is 4.79 Å². The van der Waals surface area contributed by atoms with Gasteiger partial charge in [-0.25, -0.2) is 4.79 Å². The molecule has 0 aromatic carbocycles. The number of hydrogen-bond acceptors (Lipinski definition) is 3. The number of carbonyl (C=O) groups is 2. The summed E-state index contributed by atoms with van der Waals surface area (Å²) in [5.41, 5.74) is 0.973. The van der Waals surface area contributed by atoms with Crippen LogP contribution in [0.25, 0.3) is 0 Å². The Balaban J connectivity index is 2.81. The van der Waals surface area contributed by atoms with Crippen molar-refractivity contribution in [2.45, 2.75) is 33.2 Å². The van der Waals surface area contributed by atoms with Crippen LogP contribution in [-0.2, 0) is 4.79 Å². The maximum atomic E-state index is 12.0. The lowest BCUT2D eigenvalue weighted by atomic mass is 9.99. The van der Waals surface area contributed by atoms with Crippen molar-refractivity contribution >= 4 is 39.1 Å². The minimum absolute atomic E-state index is 0.101. The fourth-order valence-corrected chi connectivity index (χ4v) is 2.91. The van der Waals surface area contributed by atoms with Crippen molar-refractivity contribution in [3.8, 4) is 0 Å². The third kappa shape index (κ3) is 3.55. The lowest BCUT2D eigenvalue weighted by molar-refractivity contribution is -0.140. The van der Waals surface area contributed by atoms with Crippen LogP contribution in [-0.4, -0.2) is 23.0 Å². The van der Waals surface area contributed by atoms with Gasteiger partial charge in [-0.2, -0.15) is 0 Å². The van der Waals surface area contributed by atoms with E-state index in [1.165, 1.54) is 11.3 Å². The predicted octanol–water partition coefficient (Wildman–Crippen LogP) is 3.05. The largest absolute Gasteiger partial charge is 0.480 e. The lowest BCUT2D eigenvalue weighted by Gasteiger charge is -2.19. The molecule has 0 saturated heterocycles. The van der Waals surface area contributed by atoms with Crippen LogP contribution in [0, 0.1) is 12.8 Å². The average molecular weight is 334 g/mol. The second kappa shape index (κ2) is 6.33. The topological polar surface area (TPSA) is 66.4 Å². The number of halogens is 1. The first-order valence-electron chi connectivity index (χ1n) is 5.66. The molecule has 2 N–H and O–H groups in total. The number of carboxylic acids is 1. The predicted molar refractivity (Wildman–Crippen MR) is 75.1 cm³/mol. The Bertz CT molecular complexity index is 439. The molecule has 1 amide bonds. The van der Waals surface area contributed by atoms with Crippen molar-refractivity contribution < 1.29 is 14.7 Å². The van der Waals surface area contributed by atoms with Crippen molar-refractivity contribution in [1.82, 2.24) is 5.32 Å². The van der Waals surface area contributed by atoms with Crippen LogP contribution < -0.4 is 5.32 Å². The minimum Gasteiger partial charge on any atom is -0.480 e. The molecule has 0 bridgehead atoms. The van der Waals surface area contributed by atoms with Gasteiger partial charge in [0, 0.05) is 0 Å². The summed E-state index contributed by atoms with van der Waals surface area (Å²) >= 11 is 4.65. The maximum absolute atomic E-state index is 12.0. The summed E-state index contributed by atoms with van der Waals surface area (Å²) in [6.07, 6.45) is 0.699. The normalized spacial score (nSPS) is 14.0. The highest BCUT2D eigenvalue weighted by Crippen LogP contribution is 2.27. The average Bonchev–Trinajstić information content (AvgIpc) is 2.65. The molecule has 0 unspecified atom stereocenters. The van der Waals surface area contributed by atoms with Gasteiger partial charge >= 0.3 is 5.97 Å². The number of aliphatic carboxylic acids is 1. The van der Waals surface area contributed by atoms with E-state index in [-0.39, 0.29) is 11.8 Å². The van der Waals surface area contributed by atoms with Crippen LogP contribution in [0.15, 0.2) is 9.85 Å². The second-order valence-electron chi connectivity index (χ2n) is 4.24. The van der Waals surface area contributed by atoms with Crippen LogP contribution >= 0.6 is 27.3 Å². The van der Waals surface area contributed by atoms with Gasteiger partial charge in [0.25, 0.3) is 5.91 Å². The summed E-state index contributed by atoms with van der Waals surface area (Å²) in [5, 5.41) is 11.7. The summed E-state index contributed by atoms with van der Waals surface area (Å²) in [6.45, 7) is 5.61. The van der Waals surface area contributed by atoms with Gasteiger partial charge < -0.3 is 10.4 Å². The van der Waals surface area contributed by atoms with Gasteiger partial charge in [-0.15, -0.1) is 11.3 Å². The van der Waals surface area contributed by atoms with Gasteiger partial charge in [0.05, 0.1) is 8.66 Å². The van der Waals surface area contributed by atoms with Crippen molar-refractivity contribution in [1.29, 1.82) is 0 Å². The fourth-order valence-electron chi connectivity index (χ4n) is 1.47. The van der Waals surface area contributed by atoms with Crippen LogP contribution in [0.5, 0.6) is 0 Å². The molecule has 0 spiro atoms. The molecular weight excluding hydrogens is 318 g/mol. The Labute approximate surface area is 119 Å². The van der Waals surface area contributed by atoms with Crippen molar-refractivity contribution in [2.75, 3.05) is 0 Å². The van der Waals surface area contributed by atoms with Crippen molar-refractivity contribution in [3.63, 3.8) is 0 Å². The van der Waals surface area contributed by atoms with Gasteiger partial charge in [0.15, 0.2) is 0 Å². The molecule has 1 rings (SSSR count). The number of rotatable bonds is 5. The van der Waals surface area contributed by atoms with E-state index in [9.17, 15) is 9.59 Å². The molecule has 0 fully saturated rings. The molecule has 100 valence electrons. The molecule has 0 aliphatic carbocycles. The molecule has 0 radical (unpaired) electrons. The molecule has 1 aromatic heterocycles. The summed E-state index contributed by atoms with van der Waals surface area (Å²) in [5.74, 6) is -1.43. The third-order valence-electron chi connectivity index (χ3n) is 2.85. The van der Waals surface area contributed by atoms with E-state index in [2.05, 4.69) is 21.2 Å². The number of thiophene rings is 1. The van der Waals surface area contributed by atoms with E-state index >= 15 is 0 Å². The molecule has 1 heterocycles. The van der Waals surface area contributed by atoms with Gasteiger partial charge in [-0.05, 0) is 40.4 Å². The van der Waals surface area contributed by atoms with Crippen molar-refractivity contribution in [2.24, 2.45) is 5.92 Å². The van der Waals surface area contributed by atoms with E-state index in [1.54, 1.807) is 6.07 Å². The third-order valence-corrected chi connectivity index (χ3v) is 4.98. The molecular formula is C12H16BrNO3S. The zero-order valence-corrected chi connectivity index (χ0v) is 12.9. The Morgan fingerprint density at radius 2 is 2.17 bits per heavy atom. The van der Waals surface area contributed by atoms with Gasteiger partial charge in [0.2, 0.25) is 0 Å². The molecule has 1 aromatic rings. The summed E-state index contributed by atoms with van der Waals surface area (Å²) < 4.78 is 0.892. The highest BCUT2D eigenvalue weighted by molar-refractivity contribution is 9.11. The second-order valence-corrected chi connectivity index (χ2v) is 6.61. The van der Waals surface area contributed by atoms with E-state index in [0.29, 0.717) is 11.3 Å². The number of hydrogen-bond donors (Lipinski definition) is 2. The SMILES string of the molecule is CC[C@H](C)[C@H](NC(=O)c1cc(C)c(Br)s1)C(=O)O. The fraction of sp³-hybridized carbons (Fsp3) is 0.500.